The maximum absolute atomic E-state index is 4.87. The van der Waals surface area contributed by atoms with Gasteiger partial charge >= 0.3 is 0 Å². The molecule has 0 saturated carbocycles. The molecule has 8 nitrogen and oxygen atoms in total. The third-order valence-electron chi connectivity index (χ3n) is 5.80. The van der Waals surface area contributed by atoms with Crippen LogP contribution in [0.2, 0.25) is 0 Å². The zero-order valence-corrected chi connectivity index (χ0v) is 15.8. The number of rotatable bonds is 4. The van der Waals surface area contributed by atoms with Gasteiger partial charge in [0.25, 0.3) is 0 Å². The number of nitrogens with one attached hydrogen (secondary N) is 1. The second-order valence-electron chi connectivity index (χ2n) is 7.81. The van der Waals surface area contributed by atoms with Crippen LogP contribution in [-0.4, -0.2) is 61.1 Å². The van der Waals surface area contributed by atoms with Crippen LogP contribution >= 0.6 is 0 Å². The van der Waals surface area contributed by atoms with Crippen LogP contribution in [0, 0.1) is 6.92 Å². The van der Waals surface area contributed by atoms with E-state index < -0.39 is 0 Å². The number of hydrogen-bond donors (Lipinski definition) is 1. The van der Waals surface area contributed by atoms with Crippen LogP contribution in [-0.2, 0) is 6.54 Å². The molecule has 2 aliphatic heterocycles. The van der Waals surface area contributed by atoms with Gasteiger partial charge in [-0.05, 0) is 63.9 Å². The number of hydrogen-bond acceptors (Lipinski definition) is 6. The van der Waals surface area contributed by atoms with Gasteiger partial charge in [-0.15, -0.1) is 15.3 Å². The molecule has 27 heavy (non-hydrogen) atoms. The summed E-state index contributed by atoms with van der Waals surface area (Å²) in [6.07, 6.45) is 4.67. The Hall–Kier alpha value is -2.48. The molecule has 2 aliphatic rings. The van der Waals surface area contributed by atoms with Gasteiger partial charge in [-0.25, -0.2) is 0 Å². The zero-order valence-electron chi connectivity index (χ0n) is 15.8. The molecule has 2 saturated heterocycles. The van der Waals surface area contributed by atoms with Crippen LogP contribution in [0.5, 0.6) is 0 Å². The van der Waals surface area contributed by atoms with E-state index in [9.17, 15) is 0 Å². The van der Waals surface area contributed by atoms with Crippen LogP contribution in [0.3, 0.4) is 0 Å². The first-order chi connectivity index (χ1) is 13.3. The average Bonchev–Trinajstić information content (AvgIpc) is 3.43. The van der Waals surface area contributed by atoms with Gasteiger partial charge in [-0.3, -0.25) is 10.00 Å². The highest BCUT2D eigenvalue weighted by molar-refractivity contribution is 5.46. The molecule has 8 heteroatoms. The van der Waals surface area contributed by atoms with E-state index in [4.69, 9.17) is 5.10 Å². The second-order valence-corrected chi connectivity index (χ2v) is 7.81. The number of piperidine rings is 1. The van der Waals surface area contributed by atoms with Crippen LogP contribution in [0.15, 0.2) is 18.2 Å². The third kappa shape index (κ3) is 3.29. The van der Waals surface area contributed by atoms with Crippen molar-refractivity contribution < 1.29 is 0 Å². The van der Waals surface area contributed by atoms with Crippen molar-refractivity contribution in [1.29, 1.82) is 0 Å². The predicted molar refractivity (Wildman–Crippen MR) is 103 cm³/mol. The molecular formula is C19H26N8. The van der Waals surface area contributed by atoms with Crippen molar-refractivity contribution >= 4 is 11.5 Å². The van der Waals surface area contributed by atoms with E-state index in [-0.39, 0.29) is 0 Å². The minimum atomic E-state index is 0.415. The lowest BCUT2D eigenvalue weighted by atomic mass is 9.96. The van der Waals surface area contributed by atoms with Gasteiger partial charge < -0.3 is 4.90 Å². The maximum atomic E-state index is 4.87. The molecule has 5 rings (SSSR count). The summed E-state index contributed by atoms with van der Waals surface area (Å²) in [6, 6.07) is 6.25. The first-order valence-corrected chi connectivity index (χ1v) is 9.97. The van der Waals surface area contributed by atoms with Gasteiger partial charge in [-0.2, -0.15) is 9.61 Å². The summed E-state index contributed by atoms with van der Waals surface area (Å²) >= 11 is 0. The van der Waals surface area contributed by atoms with Crippen LogP contribution in [0.25, 0.3) is 5.65 Å². The molecule has 0 radical (unpaired) electrons. The van der Waals surface area contributed by atoms with Gasteiger partial charge in [0.1, 0.15) is 5.82 Å². The molecule has 5 heterocycles. The van der Waals surface area contributed by atoms with Crippen molar-refractivity contribution in [2.45, 2.75) is 45.1 Å². The average molecular weight is 366 g/mol. The van der Waals surface area contributed by atoms with E-state index in [0.717, 1.165) is 74.2 Å². The summed E-state index contributed by atoms with van der Waals surface area (Å²) in [5.74, 6) is 2.48. The Balaban J connectivity index is 1.30. The number of aromatic amines is 1. The summed E-state index contributed by atoms with van der Waals surface area (Å²) in [5, 5.41) is 21.1. The highest BCUT2D eigenvalue weighted by Crippen LogP contribution is 2.28. The van der Waals surface area contributed by atoms with E-state index in [1.807, 2.05) is 17.5 Å². The fraction of sp³-hybridized carbons (Fsp3) is 0.579. The smallest absolute Gasteiger partial charge is 0.178 e. The van der Waals surface area contributed by atoms with Crippen LogP contribution in [0.4, 0.5) is 5.82 Å². The Bertz CT molecular complexity index is 915. The number of fused-ring (bicyclic) bond motifs is 1. The lowest BCUT2D eigenvalue weighted by Crippen LogP contribution is -2.33. The molecule has 3 aromatic rings. The van der Waals surface area contributed by atoms with Crippen molar-refractivity contribution in [1.82, 2.24) is 34.9 Å². The van der Waals surface area contributed by atoms with Crippen molar-refractivity contribution in [3.05, 3.63) is 35.4 Å². The summed E-state index contributed by atoms with van der Waals surface area (Å²) in [4.78, 5) is 4.83. The third-order valence-corrected chi connectivity index (χ3v) is 5.80. The van der Waals surface area contributed by atoms with Crippen LogP contribution in [0.1, 0.15) is 48.8 Å². The van der Waals surface area contributed by atoms with E-state index in [0.29, 0.717) is 5.92 Å². The van der Waals surface area contributed by atoms with Gasteiger partial charge in [0.05, 0.1) is 5.69 Å². The Labute approximate surface area is 158 Å². The molecule has 1 N–H and O–H groups in total. The number of aromatic nitrogens is 6. The number of nitrogens with zero attached hydrogens (tertiary/aromatic N) is 7. The molecule has 0 amide bonds. The normalized spacial score (nSPS) is 19.4. The Morgan fingerprint density at radius 2 is 1.89 bits per heavy atom. The predicted octanol–water partition coefficient (Wildman–Crippen LogP) is 2.14. The Morgan fingerprint density at radius 3 is 2.63 bits per heavy atom. The van der Waals surface area contributed by atoms with Gasteiger partial charge in [0, 0.05) is 31.2 Å². The molecule has 142 valence electrons. The molecule has 0 aromatic carbocycles. The lowest BCUT2D eigenvalue weighted by Gasteiger charge is -2.30. The molecule has 0 aliphatic carbocycles. The second kappa shape index (κ2) is 6.92. The highest BCUT2D eigenvalue weighted by atomic mass is 15.4. The standard InChI is InChI=1S/C19H26N8/c1-14-12-16(21-20-14)13-25-10-6-15(7-11-25)19-23-22-17-4-5-18(24-27(17)19)26-8-2-3-9-26/h4-5,12,15H,2-3,6-11,13H2,1H3,(H,20,21). The summed E-state index contributed by atoms with van der Waals surface area (Å²) in [6.45, 7) is 7.26. The lowest BCUT2D eigenvalue weighted by molar-refractivity contribution is 0.199. The minimum Gasteiger partial charge on any atom is -0.355 e. The Kier molecular flexibility index (Phi) is 4.27. The SMILES string of the molecule is Cc1cc(CN2CCC(c3nnc4ccc(N5CCCC5)nn34)CC2)n[nH]1. The first-order valence-electron chi connectivity index (χ1n) is 9.97. The van der Waals surface area contributed by atoms with Gasteiger partial charge in [0.15, 0.2) is 11.5 Å². The topological polar surface area (TPSA) is 78.2 Å². The minimum absolute atomic E-state index is 0.415. The molecule has 0 atom stereocenters. The van der Waals surface area contributed by atoms with E-state index in [1.165, 1.54) is 12.8 Å². The first kappa shape index (κ1) is 16.7. The molecule has 0 spiro atoms. The molecule has 0 unspecified atom stereocenters. The Morgan fingerprint density at radius 1 is 1.07 bits per heavy atom. The number of aryl methyl sites for hydroxylation is 1. The molecule has 2 fully saturated rings. The van der Waals surface area contributed by atoms with Crippen molar-refractivity contribution in [2.75, 3.05) is 31.1 Å². The monoisotopic (exact) mass is 366 g/mol. The van der Waals surface area contributed by atoms with Gasteiger partial charge in [0.2, 0.25) is 0 Å². The highest BCUT2D eigenvalue weighted by Gasteiger charge is 2.26. The van der Waals surface area contributed by atoms with Gasteiger partial charge in [-0.1, -0.05) is 0 Å². The quantitative estimate of drug-likeness (QED) is 0.762. The summed E-state index contributed by atoms with van der Waals surface area (Å²) < 4.78 is 1.98. The fourth-order valence-corrected chi connectivity index (χ4v) is 4.30. The van der Waals surface area contributed by atoms with Crippen molar-refractivity contribution in [3.8, 4) is 0 Å². The van der Waals surface area contributed by atoms with E-state index in [1.54, 1.807) is 0 Å². The number of likely N-dealkylation sites (tertiary alicyclic amines) is 1. The molecule has 0 bridgehead atoms. The van der Waals surface area contributed by atoms with E-state index >= 15 is 0 Å². The van der Waals surface area contributed by atoms with E-state index in [2.05, 4.69) is 42.3 Å². The zero-order chi connectivity index (χ0) is 18.2. The largest absolute Gasteiger partial charge is 0.355 e. The summed E-state index contributed by atoms with van der Waals surface area (Å²) in [7, 11) is 0. The molecular weight excluding hydrogens is 340 g/mol. The van der Waals surface area contributed by atoms with Crippen molar-refractivity contribution in [3.63, 3.8) is 0 Å². The van der Waals surface area contributed by atoms with Crippen LogP contribution < -0.4 is 4.90 Å². The molecule has 3 aromatic heterocycles. The number of H-pyrrole nitrogens is 1. The fourth-order valence-electron chi connectivity index (χ4n) is 4.30. The summed E-state index contributed by atoms with van der Waals surface area (Å²) in [5.41, 5.74) is 3.09. The number of anilines is 1. The van der Waals surface area contributed by atoms with Crippen molar-refractivity contribution in [2.24, 2.45) is 0 Å². The maximum Gasteiger partial charge on any atom is 0.178 e.